The molecule has 0 spiro atoms. The number of sulfonamides is 1. The number of rotatable bonds is 6. The molecule has 6 heteroatoms. The van der Waals surface area contributed by atoms with E-state index >= 15 is 0 Å². The summed E-state index contributed by atoms with van der Waals surface area (Å²) >= 11 is 0. The van der Waals surface area contributed by atoms with Crippen LogP contribution in [0.3, 0.4) is 0 Å². The third kappa shape index (κ3) is 4.08. The molecule has 1 aliphatic carbocycles. The summed E-state index contributed by atoms with van der Waals surface area (Å²) in [7, 11) is -0.474. The van der Waals surface area contributed by atoms with Gasteiger partial charge in [-0.2, -0.15) is 0 Å². The van der Waals surface area contributed by atoms with E-state index in [1.54, 1.807) is 6.07 Å². The zero-order chi connectivity index (χ0) is 15.5. The smallest absolute Gasteiger partial charge is 0.275 e. The molecule has 2 rings (SSSR count). The van der Waals surface area contributed by atoms with Gasteiger partial charge in [0.25, 0.3) is 10.0 Å². The fourth-order valence-corrected chi connectivity index (χ4v) is 3.65. The van der Waals surface area contributed by atoms with Crippen molar-refractivity contribution in [2.45, 2.75) is 56.7 Å². The monoisotopic (exact) mass is 314 g/mol. The molecule has 0 aromatic carbocycles. The predicted octanol–water partition coefficient (Wildman–Crippen LogP) is 2.59. The number of furan rings is 1. The highest BCUT2D eigenvalue weighted by Gasteiger charge is 2.22. The molecule has 1 aromatic rings. The molecule has 0 bridgehead atoms. The molecule has 0 radical (unpaired) electrons. The number of hydrogen-bond donors (Lipinski definition) is 1. The molecule has 0 saturated heterocycles. The van der Waals surface area contributed by atoms with Gasteiger partial charge in [0, 0.05) is 20.1 Å². The van der Waals surface area contributed by atoms with Gasteiger partial charge < -0.3 is 9.73 Å². The van der Waals surface area contributed by atoms with Crippen molar-refractivity contribution in [3.63, 3.8) is 0 Å². The summed E-state index contributed by atoms with van der Waals surface area (Å²) < 4.78 is 30.5. The van der Waals surface area contributed by atoms with Gasteiger partial charge in [-0.25, -0.2) is 12.7 Å². The lowest BCUT2D eigenvalue weighted by Gasteiger charge is -2.28. The molecule has 120 valence electrons. The topological polar surface area (TPSA) is 62.6 Å². The Bertz CT molecular complexity index is 545. The number of hydrogen-bond acceptors (Lipinski definition) is 4. The van der Waals surface area contributed by atoms with Gasteiger partial charge in [-0.3, -0.25) is 0 Å². The molecular weight excluding hydrogens is 288 g/mol. The Morgan fingerprint density at radius 3 is 2.57 bits per heavy atom. The molecule has 0 aliphatic heterocycles. The first-order valence-electron chi connectivity index (χ1n) is 7.66. The maximum Gasteiger partial charge on any atom is 0.275 e. The lowest BCUT2D eigenvalue weighted by atomic mass is 9.84. The highest BCUT2D eigenvalue weighted by molar-refractivity contribution is 7.88. The molecule has 1 atom stereocenters. The average Bonchev–Trinajstić information content (AvgIpc) is 2.95. The minimum absolute atomic E-state index is 0.00891. The van der Waals surface area contributed by atoms with E-state index in [9.17, 15) is 8.42 Å². The molecular formula is C15H26N2O3S. The van der Waals surface area contributed by atoms with Crippen LogP contribution in [0.15, 0.2) is 21.6 Å². The maximum absolute atomic E-state index is 11.9. The molecule has 1 aliphatic rings. The summed E-state index contributed by atoms with van der Waals surface area (Å²) in [6.45, 7) is 2.77. The van der Waals surface area contributed by atoms with Crippen LogP contribution in [0, 0.1) is 5.92 Å². The first-order chi connectivity index (χ1) is 9.91. The van der Waals surface area contributed by atoms with E-state index in [0.717, 1.165) is 10.2 Å². The van der Waals surface area contributed by atoms with Gasteiger partial charge in [-0.15, -0.1) is 0 Å². The zero-order valence-corrected chi connectivity index (χ0v) is 13.9. The Labute approximate surface area is 127 Å². The Kier molecular flexibility index (Phi) is 5.46. The van der Waals surface area contributed by atoms with Crippen LogP contribution >= 0.6 is 0 Å². The minimum Gasteiger partial charge on any atom is -0.447 e. The fourth-order valence-electron chi connectivity index (χ4n) is 2.83. The number of nitrogens with zero attached hydrogens (tertiary/aromatic N) is 1. The van der Waals surface area contributed by atoms with E-state index in [4.69, 9.17) is 4.42 Å². The Balaban J connectivity index is 1.91. The summed E-state index contributed by atoms with van der Waals surface area (Å²) in [5, 5.41) is 3.47. The molecule has 1 aromatic heterocycles. The molecule has 1 heterocycles. The van der Waals surface area contributed by atoms with Gasteiger partial charge in [0.05, 0.1) is 6.54 Å². The molecule has 0 unspecified atom stereocenters. The second-order valence-electron chi connectivity index (χ2n) is 6.08. The van der Waals surface area contributed by atoms with E-state index in [1.807, 2.05) is 0 Å². The first kappa shape index (κ1) is 16.5. The van der Waals surface area contributed by atoms with Gasteiger partial charge in [-0.05, 0) is 37.8 Å². The number of nitrogens with one attached hydrogen (secondary N) is 1. The van der Waals surface area contributed by atoms with E-state index < -0.39 is 10.0 Å². The van der Waals surface area contributed by atoms with Crippen LogP contribution in [0.1, 0.15) is 44.8 Å². The summed E-state index contributed by atoms with van der Waals surface area (Å²) in [6.07, 6.45) is 6.57. The Hall–Kier alpha value is -0.850. The summed E-state index contributed by atoms with van der Waals surface area (Å²) in [5.74, 6) is 1.39. The van der Waals surface area contributed by atoms with Crippen molar-refractivity contribution < 1.29 is 12.8 Å². The standard InChI is InChI=1S/C15H26N2O3S/c1-12(13-7-5-4-6-8-13)16-11-14-9-10-15(20-14)21(18,19)17(2)3/h9-10,12-13,16H,4-8,11H2,1-3H3/t12-/m1/s1. The van der Waals surface area contributed by atoms with Crippen molar-refractivity contribution in [2.24, 2.45) is 5.92 Å². The van der Waals surface area contributed by atoms with Crippen molar-refractivity contribution >= 4 is 10.0 Å². The van der Waals surface area contributed by atoms with Crippen molar-refractivity contribution in [3.8, 4) is 0 Å². The van der Waals surface area contributed by atoms with Crippen LogP contribution < -0.4 is 5.32 Å². The normalized spacial score (nSPS) is 19.0. The van der Waals surface area contributed by atoms with Gasteiger partial charge in [0.2, 0.25) is 5.09 Å². The highest BCUT2D eigenvalue weighted by Crippen LogP contribution is 2.26. The molecule has 1 fully saturated rings. The second kappa shape index (κ2) is 6.94. The van der Waals surface area contributed by atoms with E-state index in [-0.39, 0.29) is 5.09 Å². The fraction of sp³-hybridized carbons (Fsp3) is 0.733. The van der Waals surface area contributed by atoms with Crippen LogP contribution in [0.2, 0.25) is 0 Å². The molecule has 1 N–H and O–H groups in total. The van der Waals surface area contributed by atoms with Crippen LogP contribution in [0.4, 0.5) is 0 Å². The molecule has 1 saturated carbocycles. The van der Waals surface area contributed by atoms with Gasteiger partial charge >= 0.3 is 0 Å². The quantitative estimate of drug-likeness (QED) is 0.876. The second-order valence-corrected chi connectivity index (χ2v) is 8.16. The minimum atomic E-state index is -3.48. The predicted molar refractivity (Wildman–Crippen MR) is 82.5 cm³/mol. The maximum atomic E-state index is 11.9. The molecule has 21 heavy (non-hydrogen) atoms. The first-order valence-corrected chi connectivity index (χ1v) is 9.10. The van der Waals surface area contributed by atoms with E-state index in [0.29, 0.717) is 18.3 Å². The van der Waals surface area contributed by atoms with Crippen LogP contribution in [-0.2, 0) is 16.6 Å². The molecule has 5 nitrogen and oxygen atoms in total. The van der Waals surface area contributed by atoms with E-state index in [1.165, 1.54) is 52.3 Å². The van der Waals surface area contributed by atoms with Crippen molar-refractivity contribution in [2.75, 3.05) is 14.1 Å². The third-order valence-corrected chi connectivity index (χ3v) is 6.02. The molecule has 0 amide bonds. The average molecular weight is 314 g/mol. The van der Waals surface area contributed by atoms with Gasteiger partial charge in [0.1, 0.15) is 5.76 Å². The largest absolute Gasteiger partial charge is 0.447 e. The zero-order valence-electron chi connectivity index (χ0n) is 13.1. The van der Waals surface area contributed by atoms with Crippen LogP contribution in [-0.4, -0.2) is 32.9 Å². The van der Waals surface area contributed by atoms with Crippen molar-refractivity contribution in [1.82, 2.24) is 9.62 Å². The van der Waals surface area contributed by atoms with E-state index in [2.05, 4.69) is 12.2 Å². The van der Waals surface area contributed by atoms with Gasteiger partial charge in [-0.1, -0.05) is 19.3 Å². The Morgan fingerprint density at radius 2 is 1.95 bits per heavy atom. The summed E-state index contributed by atoms with van der Waals surface area (Å²) in [5.41, 5.74) is 0. The lowest BCUT2D eigenvalue weighted by molar-refractivity contribution is 0.273. The van der Waals surface area contributed by atoms with Crippen LogP contribution in [0.5, 0.6) is 0 Å². The van der Waals surface area contributed by atoms with Gasteiger partial charge in [0.15, 0.2) is 0 Å². The van der Waals surface area contributed by atoms with Crippen LogP contribution in [0.25, 0.3) is 0 Å². The summed E-state index contributed by atoms with van der Waals surface area (Å²) in [4.78, 5) is 0. The van der Waals surface area contributed by atoms with Crippen molar-refractivity contribution in [3.05, 3.63) is 17.9 Å². The lowest BCUT2D eigenvalue weighted by Crippen LogP contribution is -2.34. The Morgan fingerprint density at radius 1 is 1.29 bits per heavy atom. The third-order valence-electron chi connectivity index (χ3n) is 4.33. The SMILES string of the molecule is C[C@@H](NCc1ccc(S(=O)(=O)N(C)C)o1)C1CCCCC1. The highest BCUT2D eigenvalue weighted by atomic mass is 32.2. The summed E-state index contributed by atoms with van der Waals surface area (Å²) in [6, 6.07) is 3.69. The van der Waals surface area contributed by atoms with Crippen molar-refractivity contribution in [1.29, 1.82) is 0 Å².